The summed E-state index contributed by atoms with van der Waals surface area (Å²) in [5.74, 6) is 0. The molecule has 0 unspecified atom stereocenters. The first-order valence-electron chi connectivity index (χ1n) is 18.8. The summed E-state index contributed by atoms with van der Waals surface area (Å²) < 4.78 is 0. The molecule has 0 nitrogen and oxygen atoms in total. The topological polar surface area (TPSA) is 0 Å². The molecular formula is C54H32. The third kappa shape index (κ3) is 4.26. The normalized spacial score (nSPS) is 12.1. The second-order valence-electron chi connectivity index (χ2n) is 14.8. The maximum Gasteiger partial charge on any atom is -0.00206 e. The molecule has 0 aliphatic rings. The zero-order valence-electron chi connectivity index (χ0n) is 29.5. The first-order chi connectivity index (χ1) is 26.8. The minimum atomic E-state index is 1.21. The second-order valence-corrected chi connectivity index (χ2v) is 14.8. The van der Waals surface area contributed by atoms with Gasteiger partial charge < -0.3 is 0 Å². The average Bonchev–Trinajstić information content (AvgIpc) is 3.24. The molecule has 248 valence electrons. The molecule has 0 aromatic heterocycles. The SMILES string of the molecule is c1ccc(-c2cc(-c3ccc4ccc5cccc6ccc3c4c56)ccc2-c2cc3ccccc3cc2-c2ccc3ccc4cccc5ccc2c3c45)cc1. The van der Waals surface area contributed by atoms with Crippen LogP contribution in [0.2, 0.25) is 0 Å². The van der Waals surface area contributed by atoms with Crippen LogP contribution >= 0.6 is 0 Å². The van der Waals surface area contributed by atoms with Crippen molar-refractivity contribution in [1.29, 1.82) is 0 Å². The predicted molar refractivity (Wildman–Crippen MR) is 233 cm³/mol. The molecule has 54 heavy (non-hydrogen) atoms. The molecule has 0 bridgehead atoms. The van der Waals surface area contributed by atoms with Gasteiger partial charge in [-0.2, -0.15) is 0 Å². The van der Waals surface area contributed by atoms with E-state index in [9.17, 15) is 0 Å². The van der Waals surface area contributed by atoms with Crippen LogP contribution in [0.25, 0.3) is 120 Å². The zero-order chi connectivity index (χ0) is 35.3. The van der Waals surface area contributed by atoms with E-state index in [2.05, 4.69) is 194 Å². The zero-order valence-corrected chi connectivity index (χ0v) is 29.5. The Hall–Kier alpha value is -7.02. The van der Waals surface area contributed by atoms with Gasteiger partial charge >= 0.3 is 0 Å². The van der Waals surface area contributed by atoms with Crippen molar-refractivity contribution in [2.75, 3.05) is 0 Å². The highest BCUT2D eigenvalue weighted by Crippen LogP contribution is 2.47. The molecule has 0 amide bonds. The van der Waals surface area contributed by atoms with Crippen molar-refractivity contribution in [3.8, 4) is 44.5 Å². The lowest BCUT2D eigenvalue weighted by Crippen LogP contribution is -1.93. The molecule has 0 fully saturated rings. The van der Waals surface area contributed by atoms with Crippen LogP contribution in [-0.2, 0) is 0 Å². The Morgan fingerprint density at radius 1 is 0.185 bits per heavy atom. The molecule has 0 heterocycles. The van der Waals surface area contributed by atoms with Crippen LogP contribution in [0.4, 0.5) is 0 Å². The molecule has 0 saturated heterocycles. The van der Waals surface area contributed by atoms with Crippen molar-refractivity contribution in [3.63, 3.8) is 0 Å². The summed E-state index contributed by atoms with van der Waals surface area (Å²) in [6, 6.07) is 72.6. The highest BCUT2D eigenvalue weighted by Gasteiger charge is 2.20. The third-order valence-electron chi connectivity index (χ3n) is 11.9. The van der Waals surface area contributed by atoms with E-state index >= 15 is 0 Å². The summed E-state index contributed by atoms with van der Waals surface area (Å²) in [5.41, 5.74) is 9.90. The lowest BCUT2D eigenvalue weighted by molar-refractivity contribution is 1.58. The fraction of sp³-hybridized carbons (Fsp3) is 0. The van der Waals surface area contributed by atoms with Crippen molar-refractivity contribution in [2.24, 2.45) is 0 Å². The molecule has 12 aromatic carbocycles. The van der Waals surface area contributed by atoms with E-state index in [1.165, 1.54) is 120 Å². The fourth-order valence-corrected chi connectivity index (χ4v) is 9.45. The van der Waals surface area contributed by atoms with E-state index in [0.717, 1.165) is 0 Å². The van der Waals surface area contributed by atoms with Gasteiger partial charge in [0.1, 0.15) is 0 Å². The Balaban J connectivity index is 1.14. The van der Waals surface area contributed by atoms with Crippen LogP contribution in [0.3, 0.4) is 0 Å². The van der Waals surface area contributed by atoms with Crippen molar-refractivity contribution >= 4 is 75.4 Å². The second kappa shape index (κ2) is 11.2. The van der Waals surface area contributed by atoms with Gasteiger partial charge in [0.15, 0.2) is 0 Å². The van der Waals surface area contributed by atoms with Gasteiger partial charge in [0.25, 0.3) is 0 Å². The summed E-state index contributed by atoms with van der Waals surface area (Å²) in [7, 11) is 0. The number of hydrogen-bond donors (Lipinski definition) is 0. The van der Waals surface area contributed by atoms with Crippen molar-refractivity contribution in [1.82, 2.24) is 0 Å². The van der Waals surface area contributed by atoms with E-state index in [4.69, 9.17) is 0 Å². The first kappa shape index (κ1) is 29.5. The minimum absolute atomic E-state index is 1.21. The molecule has 0 heteroatoms. The largest absolute Gasteiger partial charge is 0.0622 e. The van der Waals surface area contributed by atoms with Gasteiger partial charge in [-0.25, -0.2) is 0 Å². The first-order valence-corrected chi connectivity index (χ1v) is 18.8. The lowest BCUT2D eigenvalue weighted by Gasteiger charge is -2.20. The van der Waals surface area contributed by atoms with E-state index in [0.29, 0.717) is 0 Å². The molecular weight excluding hydrogens is 649 g/mol. The standard InChI is InChI=1S/C54H32/c1-2-8-33(9-3-1)48-32-42(43-25-20-38-18-16-34-12-6-14-36-22-28-46(43)53(38)51(34)36)24-27-45(48)50-31-41-11-5-4-10-40(41)30-49(50)44-26-21-39-19-17-35-13-7-15-37-23-29-47(44)54(39)52(35)37/h1-32H. The molecule has 0 aliphatic heterocycles. The number of benzene rings is 12. The Morgan fingerprint density at radius 2 is 0.611 bits per heavy atom. The lowest BCUT2D eigenvalue weighted by atomic mass is 9.83. The molecule has 0 radical (unpaired) electrons. The highest BCUT2D eigenvalue weighted by molar-refractivity contribution is 6.27. The maximum atomic E-state index is 2.43. The third-order valence-corrected chi connectivity index (χ3v) is 11.9. The van der Waals surface area contributed by atoms with E-state index in [1.54, 1.807) is 0 Å². The van der Waals surface area contributed by atoms with Crippen LogP contribution in [0, 0.1) is 0 Å². The van der Waals surface area contributed by atoms with Crippen LogP contribution < -0.4 is 0 Å². The summed E-state index contributed by atoms with van der Waals surface area (Å²) in [6.45, 7) is 0. The molecule has 0 spiro atoms. The van der Waals surface area contributed by atoms with Gasteiger partial charge in [-0.1, -0.05) is 176 Å². The van der Waals surface area contributed by atoms with Crippen LogP contribution in [0.5, 0.6) is 0 Å². The Bertz CT molecular complexity index is 3390. The van der Waals surface area contributed by atoms with Crippen LogP contribution in [0.1, 0.15) is 0 Å². The molecule has 0 saturated carbocycles. The van der Waals surface area contributed by atoms with Crippen molar-refractivity contribution in [3.05, 3.63) is 194 Å². The molecule has 12 rings (SSSR count). The number of fused-ring (bicyclic) bond motifs is 1. The minimum Gasteiger partial charge on any atom is -0.0622 e. The van der Waals surface area contributed by atoms with Gasteiger partial charge in [0.05, 0.1) is 0 Å². The Labute approximate surface area is 312 Å². The molecule has 0 atom stereocenters. The summed E-state index contributed by atoms with van der Waals surface area (Å²) >= 11 is 0. The predicted octanol–water partition coefficient (Wildman–Crippen LogP) is 15.3. The van der Waals surface area contributed by atoms with E-state index in [1.807, 2.05) is 0 Å². The molecule has 0 aliphatic carbocycles. The van der Waals surface area contributed by atoms with Crippen LogP contribution in [0.15, 0.2) is 194 Å². The Kier molecular flexibility index (Phi) is 6.15. The van der Waals surface area contributed by atoms with Gasteiger partial charge in [-0.05, 0) is 138 Å². The summed E-state index contributed by atoms with van der Waals surface area (Å²) in [5, 5.41) is 18.2. The maximum absolute atomic E-state index is 2.43. The van der Waals surface area contributed by atoms with E-state index < -0.39 is 0 Å². The van der Waals surface area contributed by atoms with Gasteiger partial charge in [-0.15, -0.1) is 0 Å². The summed E-state index contributed by atoms with van der Waals surface area (Å²) in [4.78, 5) is 0. The fourth-order valence-electron chi connectivity index (χ4n) is 9.45. The smallest absolute Gasteiger partial charge is 0.00206 e. The highest BCUT2D eigenvalue weighted by atomic mass is 14.2. The van der Waals surface area contributed by atoms with E-state index in [-0.39, 0.29) is 0 Å². The quantitative estimate of drug-likeness (QED) is 0.162. The monoisotopic (exact) mass is 680 g/mol. The van der Waals surface area contributed by atoms with Crippen molar-refractivity contribution < 1.29 is 0 Å². The number of rotatable bonds is 4. The Morgan fingerprint density at radius 3 is 1.20 bits per heavy atom. The van der Waals surface area contributed by atoms with Gasteiger partial charge in [0, 0.05) is 0 Å². The summed E-state index contributed by atoms with van der Waals surface area (Å²) in [6.07, 6.45) is 0. The van der Waals surface area contributed by atoms with Gasteiger partial charge in [0.2, 0.25) is 0 Å². The van der Waals surface area contributed by atoms with Crippen LogP contribution in [-0.4, -0.2) is 0 Å². The van der Waals surface area contributed by atoms with Gasteiger partial charge in [-0.3, -0.25) is 0 Å². The van der Waals surface area contributed by atoms with Crippen molar-refractivity contribution in [2.45, 2.75) is 0 Å². The molecule has 0 N–H and O–H groups in total. The molecule has 12 aromatic rings. The average molecular weight is 681 g/mol. The number of hydrogen-bond acceptors (Lipinski definition) is 0.